The lowest BCUT2D eigenvalue weighted by Crippen LogP contribution is -2.28. The van der Waals surface area contributed by atoms with E-state index in [1.165, 1.54) is 0 Å². The summed E-state index contributed by atoms with van der Waals surface area (Å²) in [6.45, 7) is 6.31. The first-order chi connectivity index (χ1) is 11.9. The van der Waals surface area contributed by atoms with Gasteiger partial charge in [-0.3, -0.25) is 0 Å². The summed E-state index contributed by atoms with van der Waals surface area (Å²) in [4.78, 5) is 0.222. The molecule has 136 valence electrons. The molecule has 1 unspecified atom stereocenters. The Balaban J connectivity index is 2.23. The highest BCUT2D eigenvalue weighted by Gasteiger charge is 2.21. The molecule has 0 saturated heterocycles. The van der Waals surface area contributed by atoms with Crippen molar-refractivity contribution in [2.75, 3.05) is 13.7 Å². The maximum Gasteiger partial charge on any atom is 0.241 e. The number of ether oxygens (including phenoxy) is 2. The van der Waals surface area contributed by atoms with E-state index in [-0.39, 0.29) is 10.9 Å². The van der Waals surface area contributed by atoms with Crippen LogP contribution in [0.25, 0.3) is 0 Å². The molecule has 0 radical (unpaired) electrons. The molecule has 0 bridgehead atoms. The monoisotopic (exact) mass is 363 g/mol. The highest BCUT2D eigenvalue weighted by atomic mass is 32.2. The Morgan fingerprint density at radius 2 is 1.76 bits per heavy atom. The molecule has 0 aliphatic heterocycles. The minimum absolute atomic E-state index is 0.222. The lowest BCUT2D eigenvalue weighted by atomic mass is 10.0. The standard InChI is InChI=1S/C19H25NO4S/c1-5-18(15-7-12-19(23-4)14(3)13-15)20-25(21,22)17-10-8-16(9-11-17)24-6-2/h7-13,18,20H,5-6H2,1-4H3. The molecule has 5 nitrogen and oxygen atoms in total. The number of hydrogen-bond acceptors (Lipinski definition) is 4. The average molecular weight is 363 g/mol. The highest BCUT2D eigenvalue weighted by molar-refractivity contribution is 7.89. The summed E-state index contributed by atoms with van der Waals surface area (Å²) in [7, 11) is -2.00. The molecule has 0 spiro atoms. The zero-order valence-corrected chi connectivity index (χ0v) is 15.9. The van der Waals surface area contributed by atoms with E-state index in [1.54, 1.807) is 31.4 Å². The molecule has 2 aromatic carbocycles. The van der Waals surface area contributed by atoms with Gasteiger partial charge in [0.05, 0.1) is 18.6 Å². The van der Waals surface area contributed by atoms with Crippen molar-refractivity contribution < 1.29 is 17.9 Å². The zero-order chi connectivity index (χ0) is 18.4. The second kappa shape index (κ2) is 8.36. The van der Waals surface area contributed by atoms with Crippen LogP contribution in [0, 0.1) is 6.92 Å². The van der Waals surface area contributed by atoms with Crippen LogP contribution in [0.4, 0.5) is 0 Å². The van der Waals surface area contributed by atoms with Gasteiger partial charge in [0.15, 0.2) is 0 Å². The van der Waals surface area contributed by atoms with E-state index >= 15 is 0 Å². The Morgan fingerprint density at radius 1 is 1.08 bits per heavy atom. The van der Waals surface area contributed by atoms with E-state index < -0.39 is 10.0 Å². The maximum absolute atomic E-state index is 12.7. The fourth-order valence-corrected chi connectivity index (χ4v) is 3.95. The number of hydrogen-bond donors (Lipinski definition) is 1. The van der Waals surface area contributed by atoms with Gasteiger partial charge in [-0.15, -0.1) is 0 Å². The fourth-order valence-electron chi connectivity index (χ4n) is 2.64. The number of aryl methyl sites for hydroxylation is 1. The predicted molar refractivity (Wildman–Crippen MR) is 98.7 cm³/mol. The Bertz CT molecular complexity index is 801. The second-order valence-electron chi connectivity index (χ2n) is 5.72. The van der Waals surface area contributed by atoms with Crippen LogP contribution in [0.5, 0.6) is 11.5 Å². The van der Waals surface area contributed by atoms with Gasteiger partial charge >= 0.3 is 0 Å². The summed E-state index contributed by atoms with van der Waals surface area (Å²) in [6.07, 6.45) is 0.641. The molecular formula is C19H25NO4S. The van der Waals surface area contributed by atoms with Crippen LogP contribution in [0.2, 0.25) is 0 Å². The van der Waals surface area contributed by atoms with Crippen LogP contribution in [0.1, 0.15) is 37.4 Å². The minimum atomic E-state index is -3.62. The molecule has 25 heavy (non-hydrogen) atoms. The minimum Gasteiger partial charge on any atom is -0.496 e. The van der Waals surface area contributed by atoms with Crippen molar-refractivity contribution in [2.24, 2.45) is 0 Å². The number of rotatable bonds is 8. The molecule has 2 aromatic rings. The Labute approximate surface area is 150 Å². The fraction of sp³-hybridized carbons (Fsp3) is 0.368. The van der Waals surface area contributed by atoms with Gasteiger partial charge in [-0.2, -0.15) is 0 Å². The maximum atomic E-state index is 12.7. The third-order valence-electron chi connectivity index (χ3n) is 3.97. The summed E-state index contributed by atoms with van der Waals surface area (Å²) in [5.74, 6) is 1.44. The van der Waals surface area contributed by atoms with Crippen molar-refractivity contribution in [3.63, 3.8) is 0 Å². The lowest BCUT2D eigenvalue weighted by Gasteiger charge is -2.19. The largest absolute Gasteiger partial charge is 0.496 e. The van der Waals surface area contributed by atoms with Gasteiger partial charge < -0.3 is 9.47 Å². The highest BCUT2D eigenvalue weighted by Crippen LogP contribution is 2.26. The Morgan fingerprint density at radius 3 is 2.28 bits per heavy atom. The third-order valence-corrected chi connectivity index (χ3v) is 5.46. The molecule has 2 rings (SSSR count). The topological polar surface area (TPSA) is 64.6 Å². The number of sulfonamides is 1. The van der Waals surface area contributed by atoms with Gasteiger partial charge in [0, 0.05) is 6.04 Å². The summed E-state index contributed by atoms with van der Waals surface area (Å²) >= 11 is 0. The first-order valence-corrected chi connectivity index (χ1v) is 9.79. The number of methoxy groups -OCH3 is 1. The van der Waals surface area contributed by atoms with Crippen LogP contribution < -0.4 is 14.2 Å². The van der Waals surface area contributed by atoms with Gasteiger partial charge in [0.25, 0.3) is 0 Å². The average Bonchev–Trinajstić information content (AvgIpc) is 2.60. The predicted octanol–water partition coefficient (Wildman–Crippen LogP) is 3.83. The van der Waals surface area contributed by atoms with Crippen molar-refractivity contribution in [3.05, 3.63) is 53.6 Å². The van der Waals surface area contributed by atoms with Crippen LogP contribution in [0.3, 0.4) is 0 Å². The number of benzene rings is 2. The van der Waals surface area contributed by atoms with E-state index in [1.807, 2.05) is 39.0 Å². The second-order valence-corrected chi connectivity index (χ2v) is 7.43. The first-order valence-electron chi connectivity index (χ1n) is 8.31. The van der Waals surface area contributed by atoms with Crippen LogP contribution in [-0.2, 0) is 10.0 Å². The molecule has 6 heteroatoms. The van der Waals surface area contributed by atoms with E-state index in [0.29, 0.717) is 18.8 Å². The third kappa shape index (κ3) is 4.74. The molecule has 0 aliphatic carbocycles. The van der Waals surface area contributed by atoms with E-state index in [0.717, 1.165) is 16.9 Å². The summed E-state index contributed by atoms with van der Waals surface area (Å²) in [6, 6.07) is 11.8. The molecule has 0 heterocycles. The van der Waals surface area contributed by atoms with Crippen LogP contribution >= 0.6 is 0 Å². The van der Waals surface area contributed by atoms with Gasteiger partial charge in [-0.05, 0) is 61.7 Å². The van der Waals surface area contributed by atoms with Gasteiger partial charge in [0.1, 0.15) is 11.5 Å². The van der Waals surface area contributed by atoms with Crippen molar-refractivity contribution in [1.29, 1.82) is 0 Å². The SMILES string of the molecule is CCOc1ccc(S(=O)(=O)NC(CC)c2ccc(OC)c(C)c2)cc1. The summed E-state index contributed by atoms with van der Waals surface area (Å²) in [5.41, 5.74) is 1.88. The summed E-state index contributed by atoms with van der Waals surface area (Å²) < 4.78 is 38.8. The molecule has 0 aromatic heterocycles. The molecule has 0 fully saturated rings. The summed E-state index contributed by atoms with van der Waals surface area (Å²) in [5, 5.41) is 0. The van der Waals surface area contributed by atoms with Crippen molar-refractivity contribution in [1.82, 2.24) is 4.72 Å². The number of nitrogens with one attached hydrogen (secondary N) is 1. The molecule has 0 aliphatic rings. The quantitative estimate of drug-likeness (QED) is 0.774. The van der Waals surface area contributed by atoms with Crippen LogP contribution in [-0.4, -0.2) is 22.1 Å². The lowest BCUT2D eigenvalue weighted by molar-refractivity contribution is 0.340. The molecule has 0 amide bonds. The molecule has 1 N–H and O–H groups in total. The Kier molecular flexibility index (Phi) is 6.45. The van der Waals surface area contributed by atoms with E-state index in [9.17, 15) is 8.42 Å². The van der Waals surface area contributed by atoms with E-state index in [2.05, 4.69) is 4.72 Å². The smallest absolute Gasteiger partial charge is 0.241 e. The first kappa shape index (κ1) is 19.3. The zero-order valence-electron chi connectivity index (χ0n) is 15.1. The molecule has 1 atom stereocenters. The normalized spacial score (nSPS) is 12.6. The van der Waals surface area contributed by atoms with Gasteiger partial charge in [-0.25, -0.2) is 13.1 Å². The van der Waals surface area contributed by atoms with Crippen molar-refractivity contribution >= 4 is 10.0 Å². The van der Waals surface area contributed by atoms with Gasteiger partial charge in [-0.1, -0.05) is 19.1 Å². The van der Waals surface area contributed by atoms with Crippen molar-refractivity contribution in [2.45, 2.75) is 38.1 Å². The van der Waals surface area contributed by atoms with Gasteiger partial charge in [0.2, 0.25) is 10.0 Å². The van der Waals surface area contributed by atoms with E-state index in [4.69, 9.17) is 9.47 Å². The Hall–Kier alpha value is -2.05. The van der Waals surface area contributed by atoms with Crippen molar-refractivity contribution in [3.8, 4) is 11.5 Å². The molecule has 0 saturated carbocycles. The van der Waals surface area contributed by atoms with Crippen LogP contribution in [0.15, 0.2) is 47.4 Å². The molecular weight excluding hydrogens is 338 g/mol.